The highest BCUT2D eigenvalue weighted by Gasteiger charge is 2.27. The van der Waals surface area contributed by atoms with Crippen LogP contribution in [0.4, 0.5) is 9.59 Å². The van der Waals surface area contributed by atoms with Crippen LogP contribution >= 0.6 is 0 Å². The van der Waals surface area contributed by atoms with Crippen molar-refractivity contribution in [2.75, 3.05) is 13.1 Å². The SMILES string of the molecule is CC(C)(C)OC(=O)NC(Cc1ccccc1)C(O)CN[C@H](Cc1ccccc1)[C@H](O)CNC(=O)O. The van der Waals surface area contributed by atoms with Crippen LogP contribution in [0, 0.1) is 0 Å². The van der Waals surface area contributed by atoms with Crippen molar-refractivity contribution in [2.24, 2.45) is 0 Å². The second-order valence-electron chi connectivity index (χ2n) is 9.47. The van der Waals surface area contributed by atoms with E-state index >= 15 is 0 Å². The van der Waals surface area contributed by atoms with Crippen molar-refractivity contribution in [1.82, 2.24) is 16.0 Å². The Bertz CT molecular complexity index is 904. The summed E-state index contributed by atoms with van der Waals surface area (Å²) < 4.78 is 5.37. The molecule has 0 saturated carbocycles. The van der Waals surface area contributed by atoms with Crippen molar-refractivity contribution >= 4 is 12.2 Å². The van der Waals surface area contributed by atoms with E-state index in [1.165, 1.54) is 0 Å². The standard InChI is InChI=1S/C26H37N3O6/c1-26(2,3)35-25(34)29-21(15-19-12-8-5-9-13-19)23(31)16-27-20(22(30)17-28-24(32)33)14-18-10-6-4-7-11-18/h4-13,20-23,27-28,30-31H,14-17H2,1-3H3,(H,29,34)(H,32,33)/t20-,21?,22-,23?/m1/s1. The van der Waals surface area contributed by atoms with Crippen molar-refractivity contribution < 1.29 is 29.6 Å². The first-order valence-corrected chi connectivity index (χ1v) is 11.7. The zero-order valence-electron chi connectivity index (χ0n) is 20.5. The van der Waals surface area contributed by atoms with E-state index in [0.717, 1.165) is 11.1 Å². The summed E-state index contributed by atoms with van der Waals surface area (Å²) in [6, 6.07) is 17.7. The minimum Gasteiger partial charge on any atom is -0.465 e. The molecular weight excluding hydrogens is 450 g/mol. The van der Waals surface area contributed by atoms with Crippen molar-refractivity contribution in [1.29, 1.82) is 0 Å². The van der Waals surface area contributed by atoms with Crippen molar-refractivity contribution in [3.63, 3.8) is 0 Å². The van der Waals surface area contributed by atoms with Gasteiger partial charge in [0.25, 0.3) is 0 Å². The first kappa shape index (κ1) is 28.1. The summed E-state index contributed by atoms with van der Waals surface area (Å²) in [6.07, 6.45) is -3.13. The molecule has 2 aromatic carbocycles. The van der Waals surface area contributed by atoms with E-state index in [4.69, 9.17) is 9.84 Å². The lowest BCUT2D eigenvalue weighted by molar-refractivity contribution is 0.0408. The Balaban J connectivity index is 2.10. The lowest BCUT2D eigenvalue weighted by atomic mass is 9.98. The first-order chi connectivity index (χ1) is 16.5. The molecule has 0 aliphatic heterocycles. The fraction of sp³-hybridized carbons (Fsp3) is 0.462. The summed E-state index contributed by atoms with van der Waals surface area (Å²) in [5.74, 6) is 0. The van der Waals surface area contributed by atoms with Gasteiger partial charge in [-0.2, -0.15) is 0 Å². The number of hydrogen-bond acceptors (Lipinski definition) is 6. The molecular formula is C26H37N3O6. The number of carbonyl (C=O) groups is 2. The van der Waals surface area contributed by atoms with Crippen LogP contribution in [0.3, 0.4) is 0 Å². The molecule has 0 heterocycles. The lowest BCUT2D eigenvalue weighted by Crippen LogP contribution is -2.54. The maximum absolute atomic E-state index is 12.4. The van der Waals surface area contributed by atoms with Gasteiger partial charge in [-0.1, -0.05) is 60.7 Å². The topological polar surface area (TPSA) is 140 Å². The summed E-state index contributed by atoms with van der Waals surface area (Å²) in [5, 5.41) is 38.6. The molecule has 0 aliphatic carbocycles. The number of ether oxygens (including phenoxy) is 1. The van der Waals surface area contributed by atoms with Gasteiger partial charge >= 0.3 is 12.2 Å². The van der Waals surface area contributed by atoms with E-state index in [-0.39, 0.29) is 13.1 Å². The van der Waals surface area contributed by atoms with Gasteiger partial charge in [0, 0.05) is 19.1 Å². The Hall–Kier alpha value is -3.14. The zero-order valence-corrected chi connectivity index (χ0v) is 20.5. The molecule has 2 amide bonds. The molecule has 0 radical (unpaired) electrons. The molecule has 0 aromatic heterocycles. The van der Waals surface area contributed by atoms with Gasteiger partial charge in [0.15, 0.2) is 0 Å². The smallest absolute Gasteiger partial charge is 0.407 e. The van der Waals surface area contributed by atoms with Crippen LogP contribution < -0.4 is 16.0 Å². The van der Waals surface area contributed by atoms with Crippen LogP contribution in [0.5, 0.6) is 0 Å². The van der Waals surface area contributed by atoms with E-state index in [2.05, 4.69) is 16.0 Å². The minimum absolute atomic E-state index is 0.0505. The molecule has 6 N–H and O–H groups in total. The summed E-state index contributed by atoms with van der Waals surface area (Å²) in [7, 11) is 0. The average Bonchev–Trinajstić information content (AvgIpc) is 2.79. The number of benzene rings is 2. The van der Waals surface area contributed by atoms with E-state index in [0.29, 0.717) is 12.8 Å². The Labute approximate surface area is 206 Å². The van der Waals surface area contributed by atoms with Gasteiger partial charge in [-0.25, -0.2) is 9.59 Å². The maximum atomic E-state index is 12.4. The number of aliphatic hydroxyl groups excluding tert-OH is 2. The molecule has 35 heavy (non-hydrogen) atoms. The van der Waals surface area contributed by atoms with Crippen LogP contribution in [0.25, 0.3) is 0 Å². The van der Waals surface area contributed by atoms with Gasteiger partial charge in [-0.15, -0.1) is 0 Å². The third kappa shape index (κ3) is 11.2. The second-order valence-corrected chi connectivity index (χ2v) is 9.47. The highest BCUT2D eigenvalue weighted by Crippen LogP contribution is 2.12. The normalized spacial score (nSPS) is 14.9. The monoisotopic (exact) mass is 487 g/mol. The number of carboxylic acid groups (broad SMARTS) is 1. The van der Waals surface area contributed by atoms with Gasteiger partial charge < -0.3 is 36.0 Å². The predicted octanol–water partition coefficient (Wildman–Crippen LogP) is 2.31. The van der Waals surface area contributed by atoms with E-state index in [9.17, 15) is 19.8 Å². The number of nitrogens with one attached hydrogen (secondary N) is 3. The minimum atomic E-state index is -1.23. The number of carbonyl (C=O) groups excluding carboxylic acids is 1. The molecule has 2 aromatic rings. The molecule has 9 nitrogen and oxygen atoms in total. The largest absolute Gasteiger partial charge is 0.465 e. The fourth-order valence-electron chi connectivity index (χ4n) is 3.57. The van der Waals surface area contributed by atoms with Crippen LogP contribution in [-0.4, -0.2) is 70.5 Å². The number of rotatable bonds is 12. The zero-order chi connectivity index (χ0) is 25.8. The molecule has 2 rings (SSSR count). The highest BCUT2D eigenvalue weighted by atomic mass is 16.6. The van der Waals surface area contributed by atoms with Gasteiger partial charge in [-0.05, 0) is 44.7 Å². The molecule has 9 heteroatoms. The molecule has 2 unspecified atom stereocenters. The van der Waals surface area contributed by atoms with Crippen LogP contribution in [-0.2, 0) is 17.6 Å². The predicted molar refractivity (Wildman–Crippen MR) is 133 cm³/mol. The fourth-order valence-corrected chi connectivity index (χ4v) is 3.57. The van der Waals surface area contributed by atoms with E-state index in [1.807, 2.05) is 60.7 Å². The lowest BCUT2D eigenvalue weighted by Gasteiger charge is -2.30. The van der Waals surface area contributed by atoms with Crippen LogP contribution in [0.15, 0.2) is 60.7 Å². The maximum Gasteiger partial charge on any atom is 0.407 e. The molecule has 0 fully saturated rings. The highest BCUT2D eigenvalue weighted by molar-refractivity contribution is 5.68. The average molecular weight is 488 g/mol. The quantitative estimate of drug-likeness (QED) is 0.270. The van der Waals surface area contributed by atoms with Gasteiger partial charge in [-0.3, -0.25) is 0 Å². The van der Waals surface area contributed by atoms with Crippen molar-refractivity contribution in [3.8, 4) is 0 Å². The third-order valence-electron chi connectivity index (χ3n) is 5.28. The number of amides is 2. The molecule has 0 saturated heterocycles. The number of hydrogen-bond donors (Lipinski definition) is 6. The number of alkyl carbamates (subject to hydrolysis) is 1. The Kier molecular flexibility index (Phi) is 11.0. The van der Waals surface area contributed by atoms with Gasteiger partial charge in [0.05, 0.1) is 18.2 Å². The Morgan fingerprint density at radius 3 is 1.80 bits per heavy atom. The summed E-state index contributed by atoms with van der Waals surface area (Å²) in [4.78, 5) is 23.3. The summed E-state index contributed by atoms with van der Waals surface area (Å²) >= 11 is 0. The van der Waals surface area contributed by atoms with Crippen LogP contribution in [0.1, 0.15) is 31.9 Å². The Morgan fingerprint density at radius 2 is 1.31 bits per heavy atom. The van der Waals surface area contributed by atoms with Gasteiger partial charge in [0.2, 0.25) is 0 Å². The molecule has 0 spiro atoms. The van der Waals surface area contributed by atoms with Gasteiger partial charge in [0.1, 0.15) is 5.60 Å². The first-order valence-electron chi connectivity index (χ1n) is 11.7. The number of aliphatic hydroxyl groups is 2. The van der Waals surface area contributed by atoms with E-state index < -0.39 is 42.1 Å². The van der Waals surface area contributed by atoms with Crippen molar-refractivity contribution in [3.05, 3.63) is 71.8 Å². The molecule has 0 bridgehead atoms. The molecule has 4 atom stereocenters. The Morgan fingerprint density at radius 1 is 0.829 bits per heavy atom. The van der Waals surface area contributed by atoms with E-state index in [1.54, 1.807) is 20.8 Å². The van der Waals surface area contributed by atoms with Crippen molar-refractivity contribution in [2.45, 2.75) is 63.5 Å². The molecule has 0 aliphatic rings. The van der Waals surface area contributed by atoms with Crippen LogP contribution in [0.2, 0.25) is 0 Å². The second kappa shape index (κ2) is 13.7. The summed E-state index contributed by atoms with van der Waals surface area (Å²) in [5.41, 5.74) is 1.19. The summed E-state index contributed by atoms with van der Waals surface area (Å²) in [6.45, 7) is 5.17. The molecule has 192 valence electrons. The third-order valence-corrected chi connectivity index (χ3v) is 5.28.